The minimum atomic E-state index is -4.11. The lowest BCUT2D eigenvalue weighted by Gasteiger charge is -2.28. The van der Waals surface area contributed by atoms with E-state index < -0.39 is 28.5 Å². The maximum atomic E-state index is 12.9. The molecule has 144 valence electrons. The van der Waals surface area contributed by atoms with Crippen molar-refractivity contribution in [2.45, 2.75) is 38.9 Å². The first-order valence-electron chi connectivity index (χ1n) is 7.92. The Bertz CT molecular complexity index is 711. The van der Waals surface area contributed by atoms with Crippen LogP contribution in [0.2, 0.25) is 0 Å². The fourth-order valence-corrected chi connectivity index (χ4v) is 4.14. The number of benzene rings is 1. The van der Waals surface area contributed by atoms with E-state index in [1.807, 2.05) is 0 Å². The average Bonchev–Trinajstić information content (AvgIpc) is 2.59. The van der Waals surface area contributed by atoms with E-state index in [0.717, 1.165) is 6.92 Å². The topological polar surface area (TPSA) is 139 Å². The van der Waals surface area contributed by atoms with Gasteiger partial charge in [0.1, 0.15) is 0 Å². The van der Waals surface area contributed by atoms with Crippen LogP contribution in [0.5, 0.6) is 0 Å². The van der Waals surface area contributed by atoms with Gasteiger partial charge in [-0.1, -0.05) is 0 Å². The number of rotatable bonds is 11. The van der Waals surface area contributed by atoms with E-state index in [1.54, 1.807) is 0 Å². The molecule has 0 spiro atoms. The van der Waals surface area contributed by atoms with E-state index in [1.165, 1.54) is 38.1 Å². The minimum absolute atomic E-state index is 0.0446. The Morgan fingerprint density at radius 2 is 1.62 bits per heavy atom. The fourth-order valence-electron chi connectivity index (χ4n) is 2.25. The summed E-state index contributed by atoms with van der Waals surface area (Å²) in [6.07, 6.45) is -0.660. The highest BCUT2D eigenvalue weighted by Crippen LogP contribution is 2.61. The van der Waals surface area contributed by atoms with Gasteiger partial charge >= 0.3 is 12.9 Å². The van der Waals surface area contributed by atoms with Crippen LogP contribution < -0.4 is 0 Å². The molecule has 26 heavy (non-hydrogen) atoms. The van der Waals surface area contributed by atoms with Gasteiger partial charge in [0.05, 0.1) is 18.1 Å². The molecular formula is C15H21N2O8P. The van der Waals surface area contributed by atoms with E-state index >= 15 is 0 Å². The van der Waals surface area contributed by atoms with Gasteiger partial charge in [-0.3, -0.25) is 29.6 Å². The van der Waals surface area contributed by atoms with Gasteiger partial charge in [0.25, 0.3) is 5.69 Å². The number of hydrogen-bond acceptors (Lipinski definition) is 8. The zero-order valence-corrected chi connectivity index (χ0v) is 15.6. The third kappa shape index (κ3) is 4.72. The van der Waals surface area contributed by atoms with Crippen LogP contribution in [0.25, 0.3) is 0 Å². The SMILES string of the molecule is CCOP(=O)(OCC)C(C)(CCC(=O)c1ccc([N+](=O)[O-])cc1)[N+](=O)[O-]. The zero-order chi connectivity index (χ0) is 20.0. The Morgan fingerprint density at radius 1 is 1.12 bits per heavy atom. The first-order valence-corrected chi connectivity index (χ1v) is 9.47. The fraction of sp³-hybridized carbons (Fsp3) is 0.533. The number of non-ortho nitro benzene ring substituents is 1. The summed E-state index contributed by atoms with van der Waals surface area (Å²) in [5, 5.41) is 20.1. The quantitative estimate of drug-likeness (QED) is 0.241. The van der Waals surface area contributed by atoms with Crippen LogP contribution in [0.1, 0.15) is 44.0 Å². The molecule has 0 N–H and O–H groups in total. The summed E-state index contributed by atoms with van der Waals surface area (Å²) in [6.45, 7) is 4.11. The largest absolute Gasteiger partial charge is 0.406 e. The number of carbonyl (C=O) groups excluding carboxylic acids is 1. The Morgan fingerprint density at radius 3 is 2.00 bits per heavy atom. The molecule has 11 heteroatoms. The first kappa shape index (κ1) is 21.9. The highest BCUT2D eigenvalue weighted by Gasteiger charge is 2.58. The van der Waals surface area contributed by atoms with Gasteiger partial charge in [-0.05, 0) is 26.0 Å². The number of nitro groups is 2. The van der Waals surface area contributed by atoms with E-state index in [-0.39, 0.29) is 37.3 Å². The van der Waals surface area contributed by atoms with Crippen LogP contribution in [0.4, 0.5) is 5.69 Å². The van der Waals surface area contributed by atoms with Crippen molar-refractivity contribution in [2.75, 3.05) is 13.2 Å². The Balaban J connectivity index is 3.00. The standard InChI is InChI=1S/C15H21N2O8P/c1-4-24-26(23,25-5-2)15(3,17(21)22)11-10-14(18)12-6-8-13(9-7-12)16(19)20/h6-9H,4-5,10-11H2,1-3H3. The van der Waals surface area contributed by atoms with Crippen molar-refractivity contribution in [3.05, 3.63) is 50.1 Å². The second kappa shape index (κ2) is 8.98. The maximum absolute atomic E-state index is 12.9. The van der Waals surface area contributed by atoms with Gasteiger partial charge in [0.2, 0.25) is 0 Å². The van der Waals surface area contributed by atoms with Gasteiger partial charge < -0.3 is 9.05 Å². The highest BCUT2D eigenvalue weighted by atomic mass is 31.2. The molecule has 10 nitrogen and oxygen atoms in total. The van der Waals surface area contributed by atoms with Crippen LogP contribution in [0.3, 0.4) is 0 Å². The third-order valence-corrected chi connectivity index (χ3v) is 6.57. The normalized spacial score (nSPS) is 13.8. The van der Waals surface area contributed by atoms with E-state index in [0.29, 0.717) is 0 Å². The summed E-state index contributed by atoms with van der Waals surface area (Å²) in [6, 6.07) is 4.89. The Hall–Kier alpha value is -2.16. The van der Waals surface area contributed by atoms with E-state index in [2.05, 4.69) is 0 Å². The number of Topliss-reactive ketones (excluding diaryl/α,β-unsaturated/α-hetero) is 1. The van der Waals surface area contributed by atoms with Crippen molar-refractivity contribution in [3.63, 3.8) is 0 Å². The Labute approximate surface area is 150 Å². The summed E-state index contributed by atoms with van der Waals surface area (Å²) in [4.78, 5) is 33.1. The zero-order valence-electron chi connectivity index (χ0n) is 14.7. The second-order valence-corrected chi connectivity index (χ2v) is 8.01. The molecule has 1 aromatic rings. The molecule has 0 heterocycles. The number of hydrogen-bond donors (Lipinski definition) is 0. The Kier molecular flexibility index (Phi) is 7.55. The van der Waals surface area contributed by atoms with Crippen LogP contribution in [0, 0.1) is 20.2 Å². The van der Waals surface area contributed by atoms with Crippen LogP contribution in [-0.2, 0) is 13.6 Å². The molecule has 0 saturated heterocycles. The second-order valence-electron chi connectivity index (χ2n) is 5.53. The molecule has 0 fully saturated rings. The van der Waals surface area contributed by atoms with Gasteiger partial charge in [0.15, 0.2) is 5.78 Å². The lowest BCUT2D eigenvalue weighted by molar-refractivity contribution is -0.541. The van der Waals surface area contributed by atoms with E-state index in [4.69, 9.17) is 9.05 Å². The molecule has 0 aromatic heterocycles. The number of carbonyl (C=O) groups is 1. The summed E-state index contributed by atoms with van der Waals surface area (Å²) >= 11 is 0. The van der Waals surface area contributed by atoms with Crippen LogP contribution in [0.15, 0.2) is 24.3 Å². The molecule has 1 aromatic carbocycles. The number of ketones is 1. The van der Waals surface area contributed by atoms with Crippen molar-refractivity contribution in [3.8, 4) is 0 Å². The summed E-state index contributed by atoms with van der Waals surface area (Å²) in [5.74, 6) is -0.465. The molecule has 0 saturated carbocycles. The van der Waals surface area contributed by atoms with Crippen molar-refractivity contribution in [1.29, 1.82) is 0 Å². The molecule has 0 radical (unpaired) electrons. The highest BCUT2D eigenvalue weighted by molar-refractivity contribution is 7.55. The third-order valence-electron chi connectivity index (χ3n) is 3.81. The molecule has 0 amide bonds. The summed E-state index contributed by atoms with van der Waals surface area (Å²) < 4.78 is 23.0. The lowest BCUT2D eigenvalue weighted by atomic mass is 10.0. The molecule has 1 atom stereocenters. The molecule has 1 rings (SSSR count). The van der Waals surface area contributed by atoms with Crippen molar-refractivity contribution in [2.24, 2.45) is 0 Å². The van der Waals surface area contributed by atoms with Crippen LogP contribution >= 0.6 is 7.60 Å². The summed E-state index contributed by atoms with van der Waals surface area (Å²) in [5.41, 5.74) is -0.00202. The van der Waals surface area contributed by atoms with Crippen LogP contribution in [-0.4, -0.2) is 34.1 Å². The summed E-state index contributed by atoms with van der Waals surface area (Å²) in [7, 11) is -4.11. The number of nitro benzene ring substituents is 1. The van der Waals surface area contributed by atoms with Gasteiger partial charge in [-0.2, -0.15) is 0 Å². The van der Waals surface area contributed by atoms with Gasteiger partial charge in [-0.15, -0.1) is 0 Å². The predicted octanol–water partition coefficient (Wildman–Crippen LogP) is 3.82. The van der Waals surface area contributed by atoms with E-state index in [9.17, 15) is 29.6 Å². The smallest absolute Gasteiger partial charge is 0.304 e. The molecule has 0 aliphatic rings. The predicted molar refractivity (Wildman–Crippen MR) is 92.9 cm³/mol. The lowest BCUT2D eigenvalue weighted by Crippen LogP contribution is -2.37. The maximum Gasteiger partial charge on any atom is 0.406 e. The first-order chi connectivity index (χ1) is 12.1. The molecular weight excluding hydrogens is 367 g/mol. The molecule has 0 aliphatic heterocycles. The minimum Gasteiger partial charge on any atom is -0.304 e. The average molecular weight is 388 g/mol. The van der Waals surface area contributed by atoms with Gasteiger partial charge in [-0.25, -0.2) is 0 Å². The van der Waals surface area contributed by atoms with Gasteiger partial charge in [0, 0.05) is 42.4 Å². The molecule has 1 unspecified atom stereocenters. The number of nitrogens with zero attached hydrogens (tertiary/aromatic N) is 2. The van der Waals surface area contributed by atoms with Crippen molar-refractivity contribution < 1.29 is 28.3 Å². The molecule has 0 aliphatic carbocycles. The van der Waals surface area contributed by atoms with Crippen molar-refractivity contribution >= 4 is 19.1 Å². The monoisotopic (exact) mass is 388 g/mol. The molecule has 0 bridgehead atoms. The van der Waals surface area contributed by atoms with Crippen molar-refractivity contribution in [1.82, 2.24) is 0 Å².